The van der Waals surface area contributed by atoms with Gasteiger partial charge in [0.05, 0.1) is 0 Å². The van der Waals surface area contributed by atoms with Crippen LogP contribution in [0, 0.1) is 5.92 Å². The summed E-state index contributed by atoms with van der Waals surface area (Å²) in [5.41, 5.74) is -0.0788. The minimum absolute atomic E-state index is 0.0276. The molecule has 1 aliphatic carbocycles. The van der Waals surface area contributed by atoms with Gasteiger partial charge in [-0.3, -0.25) is 9.59 Å². The Hall–Kier alpha value is -2.18. The van der Waals surface area contributed by atoms with E-state index in [0.717, 1.165) is 38.5 Å². The molecule has 0 unspecified atom stereocenters. The number of carboxylic acids is 1. The lowest BCUT2D eigenvalue weighted by Crippen LogP contribution is -2.47. The average molecular weight is 347 g/mol. The second-order valence-corrected chi connectivity index (χ2v) is 7.05. The van der Waals surface area contributed by atoms with Crippen molar-refractivity contribution in [3.05, 3.63) is 28.2 Å². The van der Waals surface area contributed by atoms with E-state index in [0.29, 0.717) is 13.0 Å². The lowest BCUT2D eigenvalue weighted by Gasteiger charge is -2.32. The fraction of sp³-hybridized carbons (Fsp3) is 0.667. The molecule has 1 saturated heterocycles. The molecule has 0 aromatic carbocycles. The van der Waals surface area contributed by atoms with E-state index in [1.807, 2.05) is 6.92 Å². The van der Waals surface area contributed by atoms with E-state index in [4.69, 9.17) is 0 Å². The van der Waals surface area contributed by atoms with Crippen molar-refractivity contribution in [1.29, 1.82) is 0 Å². The monoisotopic (exact) mass is 347 g/mol. The molecular weight excluding hydrogens is 322 g/mol. The van der Waals surface area contributed by atoms with Crippen LogP contribution in [0.1, 0.15) is 62.4 Å². The number of amides is 1. The maximum Gasteiger partial charge on any atom is 0.326 e. The van der Waals surface area contributed by atoms with Crippen molar-refractivity contribution in [2.24, 2.45) is 5.92 Å². The molecule has 7 nitrogen and oxygen atoms in total. The number of hydrogen-bond donors (Lipinski definition) is 1. The van der Waals surface area contributed by atoms with Crippen molar-refractivity contribution < 1.29 is 14.7 Å². The molecule has 1 aromatic rings. The van der Waals surface area contributed by atoms with Crippen LogP contribution in [0.4, 0.5) is 0 Å². The summed E-state index contributed by atoms with van der Waals surface area (Å²) >= 11 is 0. The normalized spacial score (nSPS) is 25.6. The summed E-state index contributed by atoms with van der Waals surface area (Å²) in [5, 5.41) is 13.8. The largest absolute Gasteiger partial charge is 0.480 e. The number of nitrogens with zero attached hydrogens (tertiary/aromatic N) is 3. The number of unbranched alkanes of at least 4 members (excludes halogenated alkanes) is 1. The zero-order chi connectivity index (χ0) is 18.0. The van der Waals surface area contributed by atoms with Crippen LogP contribution in [0.5, 0.6) is 0 Å². The van der Waals surface area contributed by atoms with Gasteiger partial charge in [-0.2, -0.15) is 5.10 Å². The smallest absolute Gasteiger partial charge is 0.326 e. The number of likely N-dealkylation sites (tertiary alicyclic amines) is 1. The van der Waals surface area contributed by atoms with E-state index in [9.17, 15) is 19.5 Å². The molecule has 136 valence electrons. The molecule has 25 heavy (non-hydrogen) atoms. The Morgan fingerprint density at radius 1 is 1.28 bits per heavy atom. The molecule has 0 radical (unpaired) electrons. The van der Waals surface area contributed by atoms with Crippen molar-refractivity contribution in [2.45, 2.75) is 70.5 Å². The van der Waals surface area contributed by atoms with Crippen molar-refractivity contribution in [1.82, 2.24) is 14.7 Å². The highest BCUT2D eigenvalue weighted by Gasteiger charge is 2.48. The molecule has 1 saturated carbocycles. The number of aryl methyl sites for hydroxylation is 1. The van der Waals surface area contributed by atoms with E-state index in [2.05, 4.69) is 5.10 Å². The van der Waals surface area contributed by atoms with E-state index in [1.165, 1.54) is 21.7 Å². The van der Waals surface area contributed by atoms with Crippen molar-refractivity contribution in [2.75, 3.05) is 0 Å². The highest BCUT2D eigenvalue weighted by atomic mass is 16.4. The van der Waals surface area contributed by atoms with Gasteiger partial charge in [-0.15, -0.1) is 0 Å². The average Bonchev–Trinajstić information content (AvgIpc) is 3.00. The van der Waals surface area contributed by atoms with Crippen molar-refractivity contribution in [3.8, 4) is 0 Å². The fourth-order valence-corrected chi connectivity index (χ4v) is 4.14. The van der Waals surface area contributed by atoms with Crippen LogP contribution >= 0.6 is 0 Å². The van der Waals surface area contributed by atoms with Gasteiger partial charge in [0.15, 0.2) is 0 Å². The summed E-state index contributed by atoms with van der Waals surface area (Å²) in [7, 11) is 0. The third-order valence-corrected chi connectivity index (χ3v) is 5.42. The predicted molar refractivity (Wildman–Crippen MR) is 91.4 cm³/mol. The lowest BCUT2D eigenvalue weighted by molar-refractivity contribution is -0.141. The summed E-state index contributed by atoms with van der Waals surface area (Å²) in [6.07, 6.45) is 6.16. The lowest BCUT2D eigenvalue weighted by atomic mass is 9.84. The second kappa shape index (κ2) is 7.37. The van der Waals surface area contributed by atoms with Gasteiger partial charge in [0.25, 0.3) is 11.5 Å². The molecule has 0 bridgehead atoms. The Morgan fingerprint density at radius 3 is 2.76 bits per heavy atom. The molecular formula is C18H25N3O4. The maximum atomic E-state index is 13.0. The van der Waals surface area contributed by atoms with Gasteiger partial charge in [-0.1, -0.05) is 26.2 Å². The van der Waals surface area contributed by atoms with Crippen LogP contribution in [-0.4, -0.2) is 43.7 Å². The first-order valence-electron chi connectivity index (χ1n) is 9.16. The molecule has 2 fully saturated rings. The van der Waals surface area contributed by atoms with Gasteiger partial charge < -0.3 is 10.0 Å². The molecule has 1 N–H and O–H groups in total. The molecule has 2 aliphatic rings. The third-order valence-electron chi connectivity index (χ3n) is 5.42. The first-order valence-corrected chi connectivity index (χ1v) is 9.16. The number of rotatable bonds is 5. The van der Waals surface area contributed by atoms with Crippen LogP contribution in [0.15, 0.2) is 16.9 Å². The summed E-state index contributed by atoms with van der Waals surface area (Å²) in [4.78, 5) is 38.1. The van der Waals surface area contributed by atoms with Crippen molar-refractivity contribution in [3.63, 3.8) is 0 Å². The number of fused-ring (bicyclic) bond motifs is 1. The summed E-state index contributed by atoms with van der Waals surface area (Å²) < 4.78 is 1.31. The molecule has 3 rings (SSSR count). The first kappa shape index (κ1) is 17.6. The fourth-order valence-electron chi connectivity index (χ4n) is 4.14. The highest BCUT2D eigenvalue weighted by Crippen LogP contribution is 2.40. The van der Waals surface area contributed by atoms with E-state index in [1.54, 1.807) is 0 Å². The van der Waals surface area contributed by atoms with E-state index in [-0.39, 0.29) is 29.1 Å². The summed E-state index contributed by atoms with van der Waals surface area (Å²) in [6, 6.07) is 1.95. The molecule has 0 spiro atoms. The van der Waals surface area contributed by atoms with Gasteiger partial charge in [-0.25, -0.2) is 9.48 Å². The highest BCUT2D eigenvalue weighted by molar-refractivity contribution is 5.95. The molecule has 2 heterocycles. The van der Waals surface area contributed by atoms with Gasteiger partial charge in [0.1, 0.15) is 11.7 Å². The number of aromatic nitrogens is 2. The van der Waals surface area contributed by atoms with Gasteiger partial charge in [0.2, 0.25) is 0 Å². The predicted octanol–water partition coefficient (Wildman–Crippen LogP) is 1.90. The summed E-state index contributed by atoms with van der Waals surface area (Å²) in [5.74, 6) is -1.07. The second-order valence-electron chi connectivity index (χ2n) is 7.05. The molecule has 1 aromatic heterocycles. The van der Waals surface area contributed by atoms with Crippen LogP contribution in [0.2, 0.25) is 0 Å². The Bertz CT molecular complexity index is 715. The van der Waals surface area contributed by atoms with Crippen molar-refractivity contribution >= 4 is 11.9 Å². The number of aliphatic carboxylic acids is 1. The molecule has 3 atom stereocenters. The minimum atomic E-state index is -0.956. The Labute approximate surface area is 146 Å². The standard InChI is InChI=1S/C18H25N3O4/c1-2-3-10-20-16(22)9-8-13(19-20)17(23)21-14-7-5-4-6-12(14)11-15(21)18(24)25/h8-9,12,14-15H,2-7,10-11H2,1H3,(H,24,25)/t12-,14+,15+/m1/s1. The third kappa shape index (κ3) is 3.45. The van der Waals surface area contributed by atoms with Crippen LogP contribution < -0.4 is 5.56 Å². The van der Waals surface area contributed by atoms with E-state index < -0.39 is 12.0 Å². The zero-order valence-corrected chi connectivity index (χ0v) is 14.6. The van der Waals surface area contributed by atoms with Crippen LogP contribution in [-0.2, 0) is 11.3 Å². The van der Waals surface area contributed by atoms with Gasteiger partial charge in [0, 0.05) is 18.7 Å². The zero-order valence-electron chi connectivity index (χ0n) is 14.6. The molecule has 1 aliphatic heterocycles. The Morgan fingerprint density at radius 2 is 2.04 bits per heavy atom. The van der Waals surface area contributed by atoms with Gasteiger partial charge in [-0.05, 0) is 37.7 Å². The van der Waals surface area contributed by atoms with Crippen LogP contribution in [0.25, 0.3) is 0 Å². The number of carbonyl (C=O) groups excluding carboxylic acids is 1. The number of carbonyl (C=O) groups is 2. The number of carboxylic acid groups (broad SMARTS) is 1. The maximum absolute atomic E-state index is 13.0. The Balaban J connectivity index is 1.89. The minimum Gasteiger partial charge on any atom is -0.480 e. The number of hydrogen-bond acceptors (Lipinski definition) is 4. The molecule has 7 heteroatoms. The topological polar surface area (TPSA) is 92.5 Å². The first-order chi connectivity index (χ1) is 12.0. The summed E-state index contributed by atoms with van der Waals surface area (Å²) in [6.45, 7) is 2.48. The quantitative estimate of drug-likeness (QED) is 0.878. The molecule has 1 amide bonds. The van der Waals surface area contributed by atoms with Crippen LogP contribution in [0.3, 0.4) is 0 Å². The Kier molecular flexibility index (Phi) is 5.20. The SMILES string of the molecule is CCCCn1nc(C(=O)N2[C@H](C(=O)O)C[C@H]3CCCC[C@@H]32)ccc1=O. The van der Waals surface area contributed by atoms with Gasteiger partial charge >= 0.3 is 5.97 Å². The van der Waals surface area contributed by atoms with E-state index >= 15 is 0 Å².